The first-order chi connectivity index (χ1) is 7.35. The Morgan fingerprint density at radius 1 is 1.07 bits per heavy atom. The summed E-state index contributed by atoms with van der Waals surface area (Å²) in [6.07, 6.45) is 12.8. The quantitative estimate of drug-likeness (QED) is 0.326. The van der Waals surface area contributed by atoms with Crippen LogP contribution in [-0.4, -0.2) is 18.1 Å². The van der Waals surface area contributed by atoms with Gasteiger partial charge in [0.25, 0.3) is 0 Å². The maximum Gasteiger partial charge on any atom is 0.0218 e. The second-order valence-electron chi connectivity index (χ2n) is 4.20. The summed E-state index contributed by atoms with van der Waals surface area (Å²) in [7, 11) is 0. The van der Waals surface area contributed by atoms with Crippen molar-refractivity contribution in [2.45, 2.75) is 64.3 Å². The summed E-state index contributed by atoms with van der Waals surface area (Å²) in [5, 5.41) is 0. The van der Waals surface area contributed by atoms with Crippen LogP contribution in [0.5, 0.6) is 0 Å². The van der Waals surface area contributed by atoms with Gasteiger partial charge in [-0.25, -0.2) is 0 Å². The van der Waals surface area contributed by atoms with Crippen LogP contribution in [0.3, 0.4) is 0 Å². The minimum absolute atomic E-state index is 0.531. The third-order valence-electron chi connectivity index (χ3n) is 2.81. The molecule has 3 N–H and O–H groups in total. The predicted octanol–water partition coefficient (Wildman–Crippen LogP) is 3.32. The van der Waals surface area contributed by atoms with Gasteiger partial charge in [-0.05, 0) is 24.9 Å². The maximum atomic E-state index is 5.52. The van der Waals surface area contributed by atoms with Gasteiger partial charge in [-0.3, -0.25) is 11.3 Å². The zero-order valence-corrected chi connectivity index (χ0v) is 11.2. The van der Waals surface area contributed by atoms with E-state index < -0.39 is 0 Å². The van der Waals surface area contributed by atoms with E-state index in [0.29, 0.717) is 6.04 Å². The highest BCUT2D eigenvalue weighted by Gasteiger charge is 2.04. The van der Waals surface area contributed by atoms with Crippen molar-refractivity contribution in [1.29, 1.82) is 0 Å². The van der Waals surface area contributed by atoms with E-state index in [2.05, 4.69) is 18.6 Å². The second kappa shape index (κ2) is 12.3. The molecular weight excluding hydrogens is 204 g/mol. The van der Waals surface area contributed by atoms with Crippen LogP contribution in [-0.2, 0) is 0 Å². The van der Waals surface area contributed by atoms with Crippen LogP contribution in [0.4, 0.5) is 0 Å². The lowest BCUT2D eigenvalue weighted by atomic mass is 10.0. The first-order valence-corrected chi connectivity index (χ1v) is 7.69. The van der Waals surface area contributed by atoms with Crippen molar-refractivity contribution in [3.8, 4) is 0 Å². The summed E-state index contributed by atoms with van der Waals surface area (Å²) >= 11 is 1.90. The smallest absolute Gasteiger partial charge is 0.0218 e. The molecule has 0 heterocycles. The Morgan fingerprint density at radius 3 is 2.33 bits per heavy atom. The Bertz CT molecular complexity index is 120. The van der Waals surface area contributed by atoms with Gasteiger partial charge in [0.2, 0.25) is 0 Å². The fraction of sp³-hybridized carbons (Fsp3) is 1.00. The molecule has 3 heteroatoms. The Kier molecular flexibility index (Phi) is 12.6. The van der Waals surface area contributed by atoms with Crippen LogP contribution in [0, 0.1) is 0 Å². The number of hydrogen-bond acceptors (Lipinski definition) is 3. The van der Waals surface area contributed by atoms with Gasteiger partial charge in [0.15, 0.2) is 0 Å². The minimum atomic E-state index is 0.531. The monoisotopic (exact) mass is 232 g/mol. The SMILES string of the molecule is CCCCCCCCC(CCSC)NN. The zero-order valence-electron chi connectivity index (χ0n) is 10.4. The number of thioether (sulfide) groups is 1. The van der Waals surface area contributed by atoms with Gasteiger partial charge >= 0.3 is 0 Å². The topological polar surface area (TPSA) is 38.0 Å². The molecule has 0 saturated carbocycles. The molecule has 0 bridgehead atoms. The lowest BCUT2D eigenvalue weighted by molar-refractivity contribution is 0.454. The highest BCUT2D eigenvalue weighted by molar-refractivity contribution is 7.98. The highest BCUT2D eigenvalue weighted by atomic mass is 32.2. The van der Waals surface area contributed by atoms with Gasteiger partial charge < -0.3 is 0 Å². The first kappa shape index (κ1) is 15.3. The maximum absolute atomic E-state index is 5.52. The molecule has 0 radical (unpaired) electrons. The lowest BCUT2D eigenvalue weighted by Gasteiger charge is -2.14. The summed E-state index contributed by atoms with van der Waals surface area (Å²) < 4.78 is 0. The molecule has 15 heavy (non-hydrogen) atoms. The zero-order chi connectivity index (χ0) is 11.4. The number of rotatable bonds is 11. The molecular formula is C12H28N2S. The van der Waals surface area contributed by atoms with E-state index in [4.69, 9.17) is 5.84 Å². The summed E-state index contributed by atoms with van der Waals surface area (Å²) in [5.74, 6) is 6.73. The molecule has 0 aliphatic carbocycles. The van der Waals surface area contributed by atoms with E-state index in [1.54, 1.807) is 0 Å². The van der Waals surface area contributed by atoms with Crippen molar-refractivity contribution >= 4 is 11.8 Å². The van der Waals surface area contributed by atoms with Crippen LogP contribution in [0.15, 0.2) is 0 Å². The average Bonchev–Trinajstić information content (AvgIpc) is 2.27. The Balaban J connectivity index is 3.22. The number of hydrogen-bond donors (Lipinski definition) is 2. The minimum Gasteiger partial charge on any atom is -0.271 e. The van der Waals surface area contributed by atoms with Crippen molar-refractivity contribution in [1.82, 2.24) is 5.43 Å². The molecule has 0 aliphatic rings. The van der Waals surface area contributed by atoms with Gasteiger partial charge in [-0.2, -0.15) is 11.8 Å². The summed E-state index contributed by atoms with van der Waals surface area (Å²) in [5.41, 5.74) is 2.93. The van der Waals surface area contributed by atoms with E-state index >= 15 is 0 Å². The Hall–Kier alpha value is 0.270. The first-order valence-electron chi connectivity index (χ1n) is 6.30. The van der Waals surface area contributed by atoms with Crippen LogP contribution in [0.25, 0.3) is 0 Å². The van der Waals surface area contributed by atoms with Crippen molar-refractivity contribution < 1.29 is 0 Å². The summed E-state index contributed by atoms with van der Waals surface area (Å²) in [6.45, 7) is 2.26. The predicted molar refractivity (Wildman–Crippen MR) is 72.1 cm³/mol. The molecule has 1 atom stereocenters. The van der Waals surface area contributed by atoms with Gasteiger partial charge in [0.05, 0.1) is 0 Å². The summed E-state index contributed by atoms with van der Waals surface area (Å²) in [6, 6.07) is 0.531. The number of hydrazine groups is 1. The van der Waals surface area contributed by atoms with Crippen LogP contribution >= 0.6 is 11.8 Å². The molecule has 0 fully saturated rings. The van der Waals surface area contributed by atoms with Gasteiger partial charge in [-0.1, -0.05) is 45.4 Å². The molecule has 0 amide bonds. The van der Waals surface area contributed by atoms with E-state index in [0.717, 1.165) is 0 Å². The molecule has 92 valence electrons. The molecule has 0 rings (SSSR count). The Labute approximate surface area is 99.7 Å². The molecule has 0 aromatic rings. The van der Waals surface area contributed by atoms with Gasteiger partial charge in [-0.15, -0.1) is 0 Å². The van der Waals surface area contributed by atoms with E-state index in [1.807, 2.05) is 11.8 Å². The molecule has 0 aliphatic heterocycles. The van der Waals surface area contributed by atoms with Crippen LogP contribution < -0.4 is 11.3 Å². The molecule has 0 saturated heterocycles. The molecule has 2 nitrogen and oxygen atoms in total. The number of unbranched alkanes of at least 4 members (excludes halogenated alkanes) is 5. The fourth-order valence-electron chi connectivity index (χ4n) is 1.74. The molecule has 0 aromatic carbocycles. The standard InChI is InChI=1S/C12H28N2S/c1-3-4-5-6-7-8-9-12(14-13)10-11-15-2/h12,14H,3-11,13H2,1-2H3. The normalized spacial score (nSPS) is 13.0. The van der Waals surface area contributed by atoms with Crippen LogP contribution in [0.2, 0.25) is 0 Å². The number of nitrogens with one attached hydrogen (secondary N) is 1. The molecule has 0 aromatic heterocycles. The van der Waals surface area contributed by atoms with E-state index in [9.17, 15) is 0 Å². The second-order valence-corrected chi connectivity index (χ2v) is 5.19. The van der Waals surface area contributed by atoms with E-state index in [-0.39, 0.29) is 0 Å². The van der Waals surface area contributed by atoms with Crippen molar-refractivity contribution in [2.75, 3.05) is 12.0 Å². The van der Waals surface area contributed by atoms with E-state index in [1.165, 1.54) is 57.1 Å². The third-order valence-corrected chi connectivity index (χ3v) is 3.46. The molecule has 1 unspecified atom stereocenters. The fourth-order valence-corrected chi connectivity index (χ4v) is 2.26. The average molecular weight is 232 g/mol. The van der Waals surface area contributed by atoms with Crippen LogP contribution in [0.1, 0.15) is 58.3 Å². The highest BCUT2D eigenvalue weighted by Crippen LogP contribution is 2.11. The van der Waals surface area contributed by atoms with Crippen molar-refractivity contribution in [2.24, 2.45) is 5.84 Å². The molecule has 0 spiro atoms. The third kappa shape index (κ3) is 10.6. The van der Waals surface area contributed by atoms with Gasteiger partial charge in [0.1, 0.15) is 0 Å². The lowest BCUT2D eigenvalue weighted by Crippen LogP contribution is -2.35. The van der Waals surface area contributed by atoms with Crippen molar-refractivity contribution in [3.63, 3.8) is 0 Å². The Morgan fingerprint density at radius 2 is 1.73 bits per heavy atom. The largest absolute Gasteiger partial charge is 0.271 e. The van der Waals surface area contributed by atoms with Gasteiger partial charge in [0, 0.05) is 6.04 Å². The van der Waals surface area contributed by atoms with Crippen molar-refractivity contribution in [3.05, 3.63) is 0 Å². The number of nitrogens with two attached hydrogens (primary N) is 1. The summed E-state index contributed by atoms with van der Waals surface area (Å²) in [4.78, 5) is 0.